The van der Waals surface area contributed by atoms with Gasteiger partial charge in [-0.15, -0.1) is 0 Å². The van der Waals surface area contributed by atoms with Gasteiger partial charge in [-0.25, -0.2) is 27.0 Å². The van der Waals surface area contributed by atoms with Crippen molar-refractivity contribution in [3.05, 3.63) is 86.3 Å². The molecule has 1 aliphatic rings. The van der Waals surface area contributed by atoms with Crippen LogP contribution in [0.4, 0.5) is 17.6 Å². The van der Waals surface area contributed by atoms with Crippen molar-refractivity contribution in [2.45, 2.75) is 43.7 Å². The molecule has 5 rings (SSSR count). The molecule has 0 bridgehead atoms. The van der Waals surface area contributed by atoms with Crippen LogP contribution in [0.1, 0.15) is 47.2 Å². The fraction of sp³-hybridized carbons (Fsp3) is 0.308. The van der Waals surface area contributed by atoms with Gasteiger partial charge >= 0.3 is 6.55 Å². The lowest BCUT2D eigenvalue weighted by Gasteiger charge is -2.18. The zero-order valence-corrected chi connectivity index (χ0v) is 23.3. The molecule has 0 aromatic carbocycles. The second-order valence-corrected chi connectivity index (χ2v) is 12.3. The largest absolute Gasteiger partial charge is 0.333 e. The first kappa shape index (κ1) is 28.0. The van der Waals surface area contributed by atoms with E-state index >= 15 is 8.78 Å². The number of nitrogens with zero attached hydrogens (tertiary/aromatic N) is 6. The second-order valence-electron chi connectivity index (χ2n) is 9.59. The highest BCUT2D eigenvalue weighted by Crippen LogP contribution is 2.56. The third kappa shape index (κ3) is 4.60. The van der Waals surface area contributed by atoms with Gasteiger partial charge in [-0.1, -0.05) is 11.6 Å². The lowest BCUT2D eigenvalue weighted by atomic mass is 10.1. The smallest absolute Gasteiger partial charge is 0.277 e. The first-order chi connectivity index (χ1) is 18.9. The molecule has 1 saturated carbocycles. The quantitative estimate of drug-likeness (QED) is 0.263. The summed E-state index contributed by atoms with van der Waals surface area (Å²) < 4.78 is 75.4. The summed E-state index contributed by atoms with van der Waals surface area (Å²) in [7, 11) is -1.91. The summed E-state index contributed by atoms with van der Waals surface area (Å²) >= 11 is 6.51. The molecule has 14 heteroatoms. The number of hydrogen-bond donors (Lipinski definition) is 0. The standard InChI is InChI=1S/C26H23ClF4N6O2S/c1-12-9-34-22(15-5-6-33-24(20(15)28)40(4,39)32-3)21(29)23(12)37-13(2)7-18(19(27)25(37)38)17-8-16(17)14-10-35-36(11-14)26(30)31/h5-7,9-11,16-17,26H,8H2,1-4H3/t16-,17+,40?/m1/s1. The number of alkyl halides is 2. The average molecular weight is 595 g/mol. The molecule has 0 saturated heterocycles. The van der Waals surface area contributed by atoms with Gasteiger partial charge < -0.3 is 0 Å². The lowest BCUT2D eigenvalue weighted by Crippen LogP contribution is -2.24. The minimum Gasteiger partial charge on any atom is -0.277 e. The second kappa shape index (κ2) is 10.1. The molecule has 0 spiro atoms. The van der Waals surface area contributed by atoms with Crippen molar-refractivity contribution in [1.82, 2.24) is 24.3 Å². The molecular weight excluding hydrogens is 572 g/mol. The summed E-state index contributed by atoms with van der Waals surface area (Å²) in [5.74, 6) is -2.35. The van der Waals surface area contributed by atoms with Crippen molar-refractivity contribution in [1.29, 1.82) is 0 Å². The average Bonchev–Trinajstić information content (AvgIpc) is 3.54. The number of aryl methyl sites for hydroxylation is 2. The zero-order chi connectivity index (χ0) is 29.1. The maximum absolute atomic E-state index is 16.1. The first-order valence-corrected chi connectivity index (χ1v) is 14.3. The van der Waals surface area contributed by atoms with Crippen LogP contribution in [0, 0.1) is 25.5 Å². The van der Waals surface area contributed by atoms with E-state index in [1.807, 2.05) is 0 Å². The van der Waals surface area contributed by atoms with Crippen LogP contribution in [0.15, 0.2) is 51.1 Å². The molecule has 0 radical (unpaired) electrons. The van der Waals surface area contributed by atoms with Gasteiger partial charge in [0.1, 0.15) is 10.7 Å². The summed E-state index contributed by atoms with van der Waals surface area (Å²) in [5, 5.41) is 3.10. The summed E-state index contributed by atoms with van der Waals surface area (Å²) in [6, 6.07) is 2.86. The highest BCUT2D eigenvalue weighted by molar-refractivity contribution is 7.92. The van der Waals surface area contributed by atoms with Gasteiger partial charge in [0.25, 0.3) is 5.56 Å². The predicted molar refractivity (Wildman–Crippen MR) is 142 cm³/mol. The van der Waals surface area contributed by atoms with Crippen molar-refractivity contribution < 1.29 is 21.8 Å². The third-order valence-electron chi connectivity index (χ3n) is 7.02. The normalized spacial score (nSPS) is 18.1. The van der Waals surface area contributed by atoms with Crippen LogP contribution >= 0.6 is 11.6 Å². The van der Waals surface area contributed by atoms with Gasteiger partial charge in [-0.2, -0.15) is 13.9 Å². The molecule has 4 heterocycles. The van der Waals surface area contributed by atoms with E-state index in [4.69, 9.17) is 11.6 Å². The summed E-state index contributed by atoms with van der Waals surface area (Å²) in [6.45, 7) is 0.389. The van der Waals surface area contributed by atoms with E-state index in [9.17, 15) is 17.8 Å². The number of halogens is 5. The van der Waals surface area contributed by atoms with Gasteiger partial charge in [0.05, 0.1) is 21.6 Å². The molecule has 210 valence electrons. The molecule has 0 aliphatic heterocycles. The van der Waals surface area contributed by atoms with Gasteiger partial charge in [0.15, 0.2) is 16.7 Å². The van der Waals surface area contributed by atoms with Crippen LogP contribution in [0.3, 0.4) is 0 Å². The molecule has 0 N–H and O–H groups in total. The Morgan fingerprint density at radius 3 is 2.52 bits per heavy atom. The van der Waals surface area contributed by atoms with Crippen LogP contribution in [0.2, 0.25) is 5.02 Å². The number of aromatic nitrogens is 5. The van der Waals surface area contributed by atoms with Crippen LogP contribution in [-0.4, -0.2) is 41.8 Å². The SMILES string of the molecule is CN=S(C)(=O)c1nccc(-c2ncc(C)c(-n3c(C)cc([C@H]4C[C@@H]4c4cnn(C(F)F)c4)c(Cl)c3=O)c2F)c1F. The molecule has 4 aromatic heterocycles. The Hall–Kier alpha value is -3.58. The van der Waals surface area contributed by atoms with Crippen molar-refractivity contribution in [3.63, 3.8) is 0 Å². The fourth-order valence-electron chi connectivity index (χ4n) is 4.83. The zero-order valence-electron chi connectivity index (χ0n) is 21.7. The Bertz CT molecular complexity index is 1850. The van der Waals surface area contributed by atoms with E-state index in [1.165, 1.54) is 44.2 Å². The molecular formula is C26H23ClF4N6O2S. The predicted octanol–water partition coefficient (Wildman–Crippen LogP) is 5.79. The molecule has 40 heavy (non-hydrogen) atoms. The highest BCUT2D eigenvalue weighted by atomic mass is 35.5. The minimum atomic E-state index is -3.17. The summed E-state index contributed by atoms with van der Waals surface area (Å²) in [5.41, 5.74) is 0.219. The number of pyridine rings is 3. The summed E-state index contributed by atoms with van der Waals surface area (Å²) in [6.07, 6.45) is 6.91. The Kier molecular flexibility index (Phi) is 7.07. The van der Waals surface area contributed by atoms with Crippen molar-refractivity contribution in [2.75, 3.05) is 13.3 Å². The van der Waals surface area contributed by atoms with E-state index in [1.54, 1.807) is 19.9 Å². The topological polar surface area (TPSA) is 95.0 Å². The van der Waals surface area contributed by atoms with E-state index in [2.05, 4.69) is 19.4 Å². The van der Waals surface area contributed by atoms with Gasteiger partial charge in [0.2, 0.25) is 0 Å². The van der Waals surface area contributed by atoms with Crippen LogP contribution < -0.4 is 5.56 Å². The Morgan fingerprint density at radius 2 is 1.88 bits per heavy atom. The van der Waals surface area contributed by atoms with E-state index in [0.717, 1.165) is 4.57 Å². The Balaban J connectivity index is 1.59. The highest BCUT2D eigenvalue weighted by Gasteiger charge is 2.42. The minimum absolute atomic E-state index is 0.135. The van der Waals surface area contributed by atoms with Crippen molar-refractivity contribution in [2.24, 2.45) is 4.36 Å². The number of rotatable bonds is 6. The maximum Gasteiger partial charge on any atom is 0.333 e. The molecule has 1 fully saturated rings. The van der Waals surface area contributed by atoms with E-state index in [-0.39, 0.29) is 33.7 Å². The molecule has 3 atom stereocenters. The molecule has 4 aromatic rings. The van der Waals surface area contributed by atoms with Crippen LogP contribution in [0.25, 0.3) is 16.9 Å². The van der Waals surface area contributed by atoms with Gasteiger partial charge in [0, 0.05) is 43.2 Å². The molecule has 1 unspecified atom stereocenters. The maximum atomic E-state index is 16.1. The first-order valence-electron chi connectivity index (χ1n) is 12.0. The Morgan fingerprint density at radius 1 is 1.15 bits per heavy atom. The van der Waals surface area contributed by atoms with E-state index in [0.29, 0.717) is 27.9 Å². The fourth-order valence-corrected chi connectivity index (χ4v) is 5.98. The van der Waals surface area contributed by atoms with Gasteiger partial charge in [-0.05, 0) is 60.9 Å². The van der Waals surface area contributed by atoms with Crippen molar-refractivity contribution in [3.8, 4) is 16.9 Å². The molecule has 8 nitrogen and oxygen atoms in total. The molecule has 1 aliphatic carbocycles. The third-order valence-corrected chi connectivity index (χ3v) is 9.10. The summed E-state index contributed by atoms with van der Waals surface area (Å²) in [4.78, 5) is 21.4. The number of hydrogen-bond acceptors (Lipinski definition) is 6. The monoisotopic (exact) mass is 594 g/mol. The van der Waals surface area contributed by atoms with Gasteiger partial charge in [-0.3, -0.25) is 14.3 Å². The Labute approximate surface area is 231 Å². The van der Waals surface area contributed by atoms with Crippen LogP contribution in [-0.2, 0) is 9.73 Å². The van der Waals surface area contributed by atoms with Crippen LogP contribution in [0.5, 0.6) is 0 Å². The lowest BCUT2D eigenvalue weighted by molar-refractivity contribution is 0.0565. The van der Waals surface area contributed by atoms with Crippen molar-refractivity contribution >= 4 is 21.3 Å². The van der Waals surface area contributed by atoms with E-state index < -0.39 is 44.2 Å². The molecule has 0 amide bonds.